The molecule has 0 atom stereocenters. The molecule has 112 valence electrons. The molecule has 1 heterocycles. The summed E-state index contributed by atoms with van der Waals surface area (Å²) in [5.41, 5.74) is 1.09. The van der Waals surface area contributed by atoms with E-state index in [9.17, 15) is 9.59 Å². The third-order valence-corrected chi connectivity index (χ3v) is 4.09. The number of allylic oxidation sites excluding steroid dienone is 2. The van der Waals surface area contributed by atoms with Crippen molar-refractivity contribution in [1.29, 1.82) is 0 Å². The molecule has 0 aromatic heterocycles. The van der Waals surface area contributed by atoms with Crippen LogP contribution < -0.4 is 4.74 Å². The standard InChI is InChI=1S/C18H17NO3/c1-19-12-18(9-7-14(20)8-10-18)16(17(19)21)11-13-3-5-15(22-2)6-4-13/h3-11H,12H2,1-2H3/b16-11+. The Labute approximate surface area is 129 Å². The first-order valence-electron chi connectivity index (χ1n) is 7.08. The number of nitrogens with zero attached hydrogens (tertiary/aromatic N) is 1. The Balaban J connectivity index is 2.03. The van der Waals surface area contributed by atoms with Gasteiger partial charge in [0.1, 0.15) is 5.75 Å². The SMILES string of the molecule is COc1ccc(/C=C2\C(=O)N(C)CC23C=CC(=O)C=C3)cc1. The molecule has 1 saturated heterocycles. The number of likely N-dealkylation sites (N-methyl/N-ethyl adjacent to an activating group) is 1. The van der Waals surface area contributed by atoms with Crippen molar-refractivity contribution in [2.24, 2.45) is 5.41 Å². The third kappa shape index (κ3) is 2.37. The van der Waals surface area contributed by atoms with Gasteiger partial charge >= 0.3 is 0 Å². The molecule has 1 aromatic carbocycles. The van der Waals surface area contributed by atoms with Gasteiger partial charge in [0.2, 0.25) is 0 Å². The highest BCUT2D eigenvalue weighted by Crippen LogP contribution is 2.41. The number of benzene rings is 1. The Kier molecular flexibility index (Phi) is 3.45. The van der Waals surface area contributed by atoms with Crippen LogP contribution in [-0.2, 0) is 9.59 Å². The Hall–Kier alpha value is -2.62. The fourth-order valence-corrected chi connectivity index (χ4v) is 2.87. The highest BCUT2D eigenvalue weighted by molar-refractivity contribution is 6.06. The van der Waals surface area contributed by atoms with Crippen molar-refractivity contribution in [3.05, 3.63) is 59.7 Å². The fraction of sp³-hybridized carbons (Fsp3) is 0.222. The summed E-state index contributed by atoms with van der Waals surface area (Å²) in [4.78, 5) is 25.5. The van der Waals surface area contributed by atoms with E-state index in [-0.39, 0.29) is 11.7 Å². The second kappa shape index (κ2) is 5.30. The van der Waals surface area contributed by atoms with Gasteiger partial charge in [0.25, 0.3) is 5.91 Å². The molecule has 1 spiro atoms. The van der Waals surface area contributed by atoms with Gasteiger partial charge in [-0.1, -0.05) is 24.3 Å². The summed E-state index contributed by atoms with van der Waals surface area (Å²) in [5.74, 6) is 0.714. The van der Waals surface area contributed by atoms with Crippen LogP contribution in [0.3, 0.4) is 0 Å². The average molecular weight is 295 g/mol. The number of ether oxygens (including phenoxy) is 1. The van der Waals surface area contributed by atoms with Crippen LogP contribution in [0.1, 0.15) is 5.56 Å². The van der Waals surface area contributed by atoms with Crippen molar-refractivity contribution in [1.82, 2.24) is 4.90 Å². The van der Waals surface area contributed by atoms with Gasteiger partial charge in [-0.05, 0) is 35.9 Å². The van der Waals surface area contributed by atoms with E-state index in [4.69, 9.17) is 4.74 Å². The number of hydrogen-bond acceptors (Lipinski definition) is 3. The maximum absolute atomic E-state index is 12.5. The lowest BCUT2D eigenvalue weighted by Crippen LogP contribution is -2.24. The predicted molar refractivity (Wildman–Crippen MR) is 84.3 cm³/mol. The molecule has 0 radical (unpaired) electrons. The molecular weight excluding hydrogens is 278 g/mol. The van der Waals surface area contributed by atoms with Crippen molar-refractivity contribution in [2.75, 3.05) is 20.7 Å². The third-order valence-electron chi connectivity index (χ3n) is 4.09. The molecule has 4 heteroatoms. The normalized spacial score (nSPS) is 21.2. The summed E-state index contributed by atoms with van der Waals surface area (Å²) in [7, 11) is 3.39. The monoisotopic (exact) mass is 295 g/mol. The Morgan fingerprint density at radius 3 is 2.36 bits per heavy atom. The summed E-state index contributed by atoms with van der Waals surface area (Å²) in [6.45, 7) is 0.550. The quantitative estimate of drug-likeness (QED) is 0.786. The smallest absolute Gasteiger partial charge is 0.250 e. The lowest BCUT2D eigenvalue weighted by Gasteiger charge is -2.23. The molecule has 4 nitrogen and oxygen atoms in total. The van der Waals surface area contributed by atoms with Gasteiger partial charge in [-0.2, -0.15) is 0 Å². The number of methoxy groups -OCH3 is 1. The van der Waals surface area contributed by atoms with Gasteiger partial charge in [0.15, 0.2) is 5.78 Å². The van der Waals surface area contributed by atoms with E-state index in [2.05, 4.69) is 0 Å². The Bertz CT molecular complexity index is 694. The maximum Gasteiger partial charge on any atom is 0.250 e. The second-order valence-corrected chi connectivity index (χ2v) is 5.60. The van der Waals surface area contributed by atoms with Gasteiger partial charge in [0.05, 0.1) is 12.5 Å². The molecule has 1 aliphatic carbocycles. The van der Waals surface area contributed by atoms with E-state index >= 15 is 0 Å². The lowest BCUT2D eigenvalue weighted by atomic mass is 9.78. The first-order valence-corrected chi connectivity index (χ1v) is 7.08. The molecular formula is C18H17NO3. The molecule has 3 rings (SSSR count). The van der Waals surface area contributed by atoms with Crippen molar-refractivity contribution in [3.8, 4) is 5.75 Å². The molecule has 0 N–H and O–H groups in total. The van der Waals surface area contributed by atoms with E-state index in [1.54, 1.807) is 19.1 Å². The van der Waals surface area contributed by atoms with Crippen LogP contribution in [0.4, 0.5) is 0 Å². The molecule has 2 aliphatic rings. The predicted octanol–water partition coefficient (Wildman–Crippen LogP) is 2.23. The van der Waals surface area contributed by atoms with Crippen LogP contribution in [0.25, 0.3) is 6.08 Å². The van der Waals surface area contributed by atoms with Crippen LogP contribution in [0.15, 0.2) is 54.1 Å². The minimum Gasteiger partial charge on any atom is -0.497 e. The number of carbonyl (C=O) groups is 2. The molecule has 1 aliphatic heterocycles. The average Bonchev–Trinajstić information content (AvgIpc) is 2.76. The van der Waals surface area contributed by atoms with Gasteiger partial charge in [-0.15, -0.1) is 0 Å². The zero-order chi connectivity index (χ0) is 15.7. The number of carbonyl (C=O) groups excluding carboxylic acids is 2. The van der Waals surface area contributed by atoms with Crippen molar-refractivity contribution in [2.45, 2.75) is 0 Å². The second-order valence-electron chi connectivity index (χ2n) is 5.60. The van der Waals surface area contributed by atoms with Crippen molar-refractivity contribution in [3.63, 3.8) is 0 Å². The van der Waals surface area contributed by atoms with E-state index in [0.717, 1.165) is 11.3 Å². The Morgan fingerprint density at radius 1 is 1.14 bits per heavy atom. The number of ketones is 1. The minimum absolute atomic E-state index is 0.0144. The molecule has 1 fully saturated rings. The first kappa shape index (κ1) is 14.3. The summed E-state index contributed by atoms with van der Waals surface area (Å²) in [6.07, 6.45) is 8.61. The van der Waals surface area contributed by atoms with Crippen LogP contribution in [0.5, 0.6) is 5.75 Å². The summed E-state index contributed by atoms with van der Waals surface area (Å²) in [5, 5.41) is 0. The lowest BCUT2D eigenvalue weighted by molar-refractivity contribution is -0.123. The molecule has 22 heavy (non-hydrogen) atoms. The van der Waals surface area contributed by atoms with Gasteiger partial charge in [0, 0.05) is 19.2 Å². The van der Waals surface area contributed by atoms with Gasteiger partial charge < -0.3 is 9.64 Å². The van der Waals surface area contributed by atoms with E-state index in [1.165, 1.54) is 12.2 Å². The summed E-state index contributed by atoms with van der Waals surface area (Å²) < 4.78 is 5.14. The molecule has 1 aromatic rings. The van der Waals surface area contributed by atoms with Gasteiger partial charge in [-0.25, -0.2) is 0 Å². The summed E-state index contributed by atoms with van der Waals surface area (Å²) in [6, 6.07) is 7.54. The molecule has 0 saturated carbocycles. The van der Waals surface area contributed by atoms with Crippen LogP contribution in [-0.4, -0.2) is 37.3 Å². The first-order chi connectivity index (χ1) is 10.5. The zero-order valence-corrected chi connectivity index (χ0v) is 12.6. The van der Waals surface area contributed by atoms with Gasteiger partial charge in [-0.3, -0.25) is 9.59 Å². The van der Waals surface area contributed by atoms with Crippen LogP contribution in [0, 0.1) is 5.41 Å². The number of amides is 1. The highest BCUT2D eigenvalue weighted by Gasteiger charge is 2.44. The Morgan fingerprint density at radius 2 is 1.77 bits per heavy atom. The number of likely N-dealkylation sites (tertiary alicyclic amines) is 1. The van der Waals surface area contributed by atoms with E-state index < -0.39 is 5.41 Å². The summed E-state index contributed by atoms with van der Waals surface area (Å²) >= 11 is 0. The number of rotatable bonds is 2. The largest absolute Gasteiger partial charge is 0.497 e. The fourth-order valence-electron chi connectivity index (χ4n) is 2.87. The minimum atomic E-state index is -0.514. The van der Waals surface area contributed by atoms with Crippen molar-refractivity contribution >= 4 is 17.8 Å². The zero-order valence-electron chi connectivity index (χ0n) is 12.6. The van der Waals surface area contributed by atoms with Crippen LogP contribution in [0.2, 0.25) is 0 Å². The molecule has 0 unspecified atom stereocenters. The van der Waals surface area contributed by atoms with Crippen LogP contribution >= 0.6 is 0 Å². The maximum atomic E-state index is 12.5. The molecule has 0 bridgehead atoms. The highest BCUT2D eigenvalue weighted by atomic mass is 16.5. The van der Waals surface area contributed by atoms with E-state index in [1.807, 2.05) is 42.5 Å². The van der Waals surface area contributed by atoms with E-state index in [0.29, 0.717) is 12.1 Å². The molecule has 1 amide bonds. The van der Waals surface area contributed by atoms with Crippen molar-refractivity contribution < 1.29 is 14.3 Å². The topological polar surface area (TPSA) is 46.6 Å². The number of hydrogen-bond donors (Lipinski definition) is 0.